The van der Waals surface area contributed by atoms with Crippen LogP contribution in [-0.2, 0) is 9.47 Å². The van der Waals surface area contributed by atoms with Gasteiger partial charge in [-0.25, -0.2) is 4.79 Å². The molecule has 0 aromatic carbocycles. The number of carbonyl (C=O) groups is 1. The number of aliphatic hydroxyl groups is 1. The molecule has 0 aliphatic heterocycles. The van der Waals surface area contributed by atoms with Gasteiger partial charge in [-0.3, -0.25) is 0 Å². The minimum absolute atomic E-state index is 0.150. The van der Waals surface area contributed by atoms with Gasteiger partial charge in [-0.05, 0) is 12.8 Å². The molecule has 1 aliphatic carbocycles. The molecule has 0 saturated heterocycles. The summed E-state index contributed by atoms with van der Waals surface area (Å²) in [5, 5.41) is 11.9. The highest BCUT2D eigenvalue weighted by atomic mass is 16.6. The van der Waals surface area contributed by atoms with E-state index in [1.807, 2.05) is 0 Å². The number of alkyl carbamates (subject to hydrolysis) is 1. The van der Waals surface area contributed by atoms with Crippen LogP contribution in [0.15, 0.2) is 0 Å². The fourth-order valence-corrected chi connectivity index (χ4v) is 1.65. The average Bonchev–Trinajstić information content (AvgIpc) is 2.20. The molecule has 1 rings (SSSR count). The van der Waals surface area contributed by atoms with Gasteiger partial charge in [-0.1, -0.05) is 0 Å². The van der Waals surface area contributed by atoms with Gasteiger partial charge in [-0.2, -0.15) is 0 Å². The summed E-state index contributed by atoms with van der Waals surface area (Å²) in [6.07, 6.45) is 0.618. The highest BCUT2D eigenvalue weighted by molar-refractivity contribution is 5.66. The van der Waals surface area contributed by atoms with Gasteiger partial charge in [0.2, 0.25) is 0 Å². The largest absolute Gasteiger partial charge is 0.446 e. The maximum atomic E-state index is 10.9. The fourth-order valence-electron chi connectivity index (χ4n) is 1.65. The predicted molar refractivity (Wildman–Crippen MR) is 50.0 cm³/mol. The minimum atomic E-state index is -0.440. The Labute approximate surface area is 83.4 Å². The quantitative estimate of drug-likeness (QED) is 0.676. The molecule has 1 amide bonds. The Kier molecular flexibility index (Phi) is 4.16. The van der Waals surface area contributed by atoms with Gasteiger partial charge in [0.25, 0.3) is 0 Å². The van der Waals surface area contributed by atoms with Crippen molar-refractivity contribution in [3.05, 3.63) is 0 Å². The minimum Gasteiger partial charge on any atom is -0.446 e. The number of nitrogens with one attached hydrogen (secondary N) is 1. The monoisotopic (exact) mass is 203 g/mol. The molecule has 1 saturated carbocycles. The molecule has 0 aromatic rings. The van der Waals surface area contributed by atoms with E-state index in [2.05, 4.69) is 5.32 Å². The van der Waals surface area contributed by atoms with Crippen molar-refractivity contribution in [2.24, 2.45) is 0 Å². The lowest BCUT2D eigenvalue weighted by atomic mass is 9.92. The number of rotatable bonds is 2. The standard InChI is InChI=1S/C9H17NO4/c1-10-9(12)14-6-3-4-7(11)8(5-6)13-2/h6-8,11H,3-5H2,1-2H3,(H,10,12). The number of ether oxygens (including phenoxy) is 2. The smallest absolute Gasteiger partial charge is 0.407 e. The highest BCUT2D eigenvalue weighted by Crippen LogP contribution is 2.23. The number of amides is 1. The topological polar surface area (TPSA) is 67.8 Å². The van der Waals surface area contributed by atoms with E-state index in [0.29, 0.717) is 19.3 Å². The first-order valence-electron chi connectivity index (χ1n) is 4.76. The molecule has 14 heavy (non-hydrogen) atoms. The molecule has 3 unspecified atom stereocenters. The Morgan fingerprint density at radius 1 is 1.50 bits per heavy atom. The van der Waals surface area contributed by atoms with Crippen LogP contribution in [0.1, 0.15) is 19.3 Å². The van der Waals surface area contributed by atoms with E-state index in [0.717, 1.165) is 0 Å². The Bertz CT molecular complexity index is 197. The zero-order valence-corrected chi connectivity index (χ0v) is 8.53. The van der Waals surface area contributed by atoms with Crippen LogP contribution in [0.5, 0.6) is 0 Å². The van der Waals surface area contributed by atoms with Crippen LogP contribution in [0, 0.1) is 0 Å². The van der Waals surface area contributed by atoms with Gasteiger partial charge in [0.05, 0.1) is 12.2 Å². The van der Waals surface area contributed by atoms with Gasteiger partial charge in [-0.15, -0.1) is 0 Å². The molecular formula is C9H17NO4. The third kappa shape index (κ3) is 2.85. The van der Waals surface area contributed by atoms with Crippen LogP contribution in [0.25, 0.3) is 0 Å². The van der Waals surface area contributed by atoms with Crippen molar-refractivity contribution in [2.75, 3.05) is 14.2 Å². The first kappa shape index (κ1) is 11.3. The summed E-state index contributed by atoms with van der Waals surface area (Å²) in [6.45, 7) is 0. The van der Waals surface area contributed by atoms with Crippen LogP contribution in [0.3, 0.4) is 0 Å². The third-order valence-corrected chi connectivity index (χ3v) is 2.49. The van der Waals surface area contributed by atoms with Gasteiger partial charge >= 0.3 is 6.09 Å². The van der Waals surface area contributed by atoms with Crippen LogP contribution in [0.4, 0.5) is 4.79 Å². The van der Waals surface area contributed by atoms with Crippen LogP contribution >= 0.6 is 0 Å². The molecule has 1 fully saturated rings. The van der Waals surface area contributed by atoms with E-state index in [1.165, 1.54) is 7.05 Å². The van der Waals surface area contributed by atoms with Crippen molar-refractivity contribution in [1.29, 1.82) is 0 Å². The van der Waals surface area contributed by atoms with Crippen molar-refractivity contribution >= 4 is 6.09 Å². The van der Waals surface area contributed by atoms with Crippen molar-refractivity contribution in [3.8, 4) is 0 Å². The molecule has 82 valence electrons. The Morgan fingerprint density at radius 3 is 2.79 bits per heavy atom. The molecule has 3 atom stereocenters. The second-order valence-electron chi connectivity index (χ2n) is 3.43. The van der Waals surface area contributed by atoms with Gasteiger partial charge in [0.15, 0.2) is 0 Å². The van der Waals surface area contributed by atoms with E-state index in [4.69, 9.17) is 9.47 Å². The van der Waals surface area contributed by atoms with Crippen molar-refractivity contribution in [2.45, 2.75) is 37.6 Å². The fraction of sp³-hybridized carbons (Fsp3) is 0.889. The molecule has 0 aromatic heterocycles. The van der Waals surface area contributed by atoms with Gasteiger partial charge < -0.3 is 19.9 Å². The molecule has 0 radical (unpaired) electrons. The lowest BCUT2D eigenvalue weighted by Crippen LogP contribution is -2.40. The lowest BCUT2D eigenvalue weighted by Gasteiger charge is -2.31. The molecule has 0 bridgehead atoms. The van der Waals surface area contributed by atoms with E-state index in [-0.39, 0.29) is 12.2 Å². The number of hydrogen-bond donors (Lipinski definition) is 2. The summed E-state index contributed by atoms with van der Waals surface area (Å²) in [6, 6.07) is 0. The van der Waals surface area contributed by atoms with E-state index < -0.39 is 12.2 Å². The normalized spacial score (nSPS) is 32.4. The molecule has 5 heteroatoms. The summed E-state index contributed by atoms with van der Waals surface area (Å²) in [4.78, 5) is 10.9. The highest BCUT2D eigenvalue weighted by Gasteiger charge is 2.30. The van der Waals surface area contributed by atoms with Gasteiger partial charge in [0, 0.05) is 20.6 Å². The van der Waals surface area contributed by atoms with Crippen molar-refractivity contribution < 1.29 is 19.4 Å². The maximum absolute atomic E-state index is 10.9. The molecule has 5 nitrogen and oxygen atoms in total. The summed E-state index contributed by atoms with van der Waals surface area (Å²) in [5.41, 5.74) is 0. The maximum Gasteiger partial charge on any atom is 0.407 e. The van der Waals surface area contributed by atoms with Crippen LogP contribution < -0.4 is 5.32 Å². The molecule has 1 aliphatic rings. The van der Waals surface area contributed by atoms with Gasteiger partial charge in [0.1, 0.15) is 6.10 Å². The van der Waals surface area contributed by atoms with E-state index >= 15 is 0 Å². The number of carbonyl (C=O) groups excluding carboxylic acids is 1. The Morgan fingerprint density at radius 2 is 2.21 bits per heavy atom. The lowest BCUT2D eigenvalue weighted by molar-refractivity contribution is -0.0722. The average molecular weight is 203 g/mol. The number of methoxy groups -OCH3 is 1. The summed E-state index contributed by atoms with van der Waals surface area (Å²) >= 11 is 0. The van der Waals surface area contributed by atoms with E-state index in [1.54, 1.807) is 7.11 Å². The predicted octanol–water partition coefficient (Wildman–Crippen LogP) is 0.271. The van der Waals surface area contributed by atoms with Crippen molar-refractivity contribution in [3.63, 3.8) is 0 Å². The first-order valence-corrected chi connectivity index (χ1v) is 4.76. The first-order chi connectivity index (χ1) is 6.67. The second kappa shape index (κ2) is 5.17. The van der Waals surface area contributed by atoms with E-state index in [9.17, 15) is 9.90 Å². The summed E-state index contributed by atoms with van der Waals surface area (Å²) in [7, 11) is 3.07. The summed E-state index contributed by atoms with van der Waals surface area (Å²) in [5.74, 6) is 0. The molecule has 0 heterocycles. The third-order valence-electron chi connectivity index (χ3n) is 2.49. The summed E-state index contributed by atoms with van der Waals surface area (Å²) < 4.78 is 10.2. The SMILES string of the molecule is CNC(=O)OC1CCC(O)C(OC)C1. The van der Waals surface area contributed by atoms with Crippen LogP contribution in [-0.4, -0.2) is 43.7 Å². The van der Waals surface area contributed by atoms with Crippen molar-refractivity contribution in [1.82, 2.24) is 5.32 Å². The Hall–Kier alpha value is -0.810. The zero-order valence-electron chi connectivity index (χ0n) is 8.53. The molecule has 0 spiro atoms. The zero-order chi connectivity index (χ0) is 10.6. The van der Waals surface area contributed by atoms with Crippen LogP contribution in [0.2, 0.25) is 0 Å². The Balaban J connectivity index is 2.38. The second-order valence-corrected chi connectivity index (χ2v) is 3.43. The molecule has 2 N–H and O–H groups in total. The number of aliphatic hydroxyl groups excluding tert-OH is 1. The number of hydrogen-bond acceptors (Lipinski definition) is 4. The molecular weight excluding hydrogens is 186 g/mol.